The topological polar surface area (TPSA) is 0 Å². The second kappa shape index (κ2) is 14.6. The summed E-state index contributed by atoms with van der Waals surface area (Å²) in [4.78, 5) is 0. The van der Waals surface area contributed by atoms with Gasteiger partial charge in [-0.25, -0.2) is 0 Å². The Labute approximate surface area is 309 Å². The van der Waals surface area contributed by atoms with Crippen LogP contribution in [0.4, 0.5) is 0 Å². The van der Waals surface area contributed by atoms with Crippen molar-refractivity contribution < 1.29 is 24.2 Å². The van der Waals surface area contributed by atoms with E-state index in [-0.39, 0.29) is 0 Å². The Morgan fingerprint density at radius 1 is 0.500 bits per heavy atom. The predicted molar refractivity (Wildman–Crippen MR) is 211 cm³/mol. The molecule has 0 amide bonds. The van der Waals surface area contributed by atoms with Gasteiger partial charge in [0.05, 0.1) is 0 Å². The summed E-state index contributed by atoms with van der Waals surface area (Å²) in [7, 11) is 0. The second-order valence-corrected chi connectivity index (χ2v) is 13.8. The summed E-state index contributed by atoms with van der Waals surface area (Å²) >= 11 is 1.46. The fourth-order valence-electron chi connectivity index (χ4n) is 7.15. The zero-order valence-corrected chi connectivity index (χ0v) is 30.2. The van der Waals surface area contributed by atoms with Crippen molar-refractivity contribution >= 4 is 30.3 Å². The van der Waals surface area contributed by atoms with Crippen LogP contribution in [0.5, 0.6) is 0 Å². The van der Waals surface area contributed by atoms with Gasteiger partial charge in [0, 0.05) is 0 Å². The predicted octanol–water partition coefficient (Wildman–Crippen LogP) is 12.9. The average Bonchev–Trinajstić information content (AvgIpc) is 3.88. The van der Waals surface area contributed by atoms with Crippen LogP contribution in [0.25, 0.3) is 60.5 Å². The second-order valence-electron chi connectivity index (χ2n) is 12.6. The molecule has 0 atom stereocenters. The Hall–Kier alpha value is -5.36. The molecule has 0 saturated carbocycles. The molecule has 0 fully saturated rings. The van der Waals surface area contributed by atoms with E-state index in [0.29, 0.717) is 0 Å². The van der Waals surface area contributed by atoms with Crippen molar-refractivity contribution in [2.24, 2.45) is 0 Å². The molecule has 9 rings (SSSR count). The summed E-state index contributed by atoms with van der Waals surface area (Å²) in [5, 5.41) is 5.29. The van der Waals surface area contributed by atoms with E-state index < -0.39 is 0 Å². The fraction of sp³-hybridized carbons (Fsp3) is 0.0204. The van der Waals surface area contributed by atoms with Crippen LogP contribution in [0.15, 0.2) is 200 Å². The van der Waals surface area contributed by atoms with Crippen LogP contribution in [0, 0.1) is 0 Å². The molecule has 0 unspecified atom stereocenters. The minimum atomic E-state index is 0.959. The molecule has 50 heavy (non-hydrogen) atoms. The molecule has 8 aromatic carbocycles. The van der Waals surface area contributed by atoms with Crippen LogP contribution in [0.2, 0.25) is 0 Å². The van der Waals surface area contributed by atoms with Crippen LogP contribution in [0.3, 0.4) is 0 Å². The van der Waals surface area contributed by atoms with Gasteiger partial charge >= 0.3 is 99.2 Å². The molecule has 0 saturated heterocycles. The van der Waals surface area contributed by atoms with E-state index in [1.165, 1.54) is 105 Å². The molecule has 0 aromatic heterocycles. The third-order valence-corrected chi connectivity index (χ3v) is 10.9. The molecule has 236 valence electrons. The number of hydrogen-bond donors (Lipinski definition) is 0. The third-order valence-electron chi connectivity index (χ3n) is 9.48. The Morgan fingerprint density at radius 2 is 1.02 bits per heavy atom. The molecule has 0 radical (unpaired) electrons. The Morgan fingerprint density at radius 3 is 1.56 bits per heavy atom. The standard InChI is InChI=1S/C36H25.C13H10.Zr/c1-4-13-25(14-5-1)30-22-12-21-29-23-32-33(34(29)30)24-31(26-15-6-2-7-16-26)35(27-17-8-3-9-18-27)36(32)28-19-10-11-20-28;1-3-7-12(8-4-1)11-13-9-5-2-6-10-13;/h1-19,21-24H,20H2;1-10H;/q-1;;. The monoisotopic (exact) mass is 713 g/mol. The van der Waals surface area contributed by atoms with Crippen molar-refractivity contribution in [3.05, 3.63) is 217 Å². The van der Waals surface area contributed by atoms with E-state index in [1.54, 1.807) is 0 Å². The van der Waals surface area contributed by atoms with Crippen molar-refractivity contribution in [2.45, 2.75) is 6.42 Å². The van der Waals surface area contributed by atoms with Gasteiger partial charge in [-0.3, -0.25) is 0 Å². The van der Waals surface area contributed by atoms with Crippen LogP contribution in [0.1, 0.15) is 23.1 Å². The number of allylic oxidation sites excluding steroid dienone is 4. The van der Waals surface area contributed by atoms with E-state index >= 15 is 0 Å². The van der Waals surface area contributed by atoms with Gasteiger partial charge in [0.2, 0.25) is 0 Å². The molecule has 0 heterocycles. The number of hydrogen-bond acceptors (Lipinski definition) is 0. The summed E-state index contributed by atoms with van der Waals surface area (Å²) in [6, 6.07) is 65.2. The number of fused-ring (bicyclic) bond motifs is 3. The molecule has 1 aliphatic carbocycles. The summed E-state index contributed by atoms with van der Waals surface area (Å²) in [6.45, 7) is 0. The fourth-order valence-corrected chi connectivity index (χ4v) is 7.97. The van der Waals surface area contributed by atoms with Gasteiger partial charge in [-0.15, -0.1) is 33.7 Å². The first-order chi connectivity index (χ1) is 24.8. The normalized spacial score (nSPS) is 12.0. The molecular weight excluding hydrogens is 680 g/mol. The van der Waals surface area contributed by atoms with E-state index in [9.17, 15) is 0 Å². The van der Waals surface area contributed by atoms with Crippen LogP contribution in [-0.4, -0.2) is 3.21 Å². The summed E-state index contributed by atoms with van der Waals surface area (Å²) < 4.78 is 1.42. The van der Waals surface area contributed by atoms with E-state index in [1.807, 2.05) is 0 Å². The van der Waals surface area contributed by atoms with Crippen molar-refractivity contribution in [3.8, 4) is 33.4 Å². The van der Waals surface area contributed by atoms with Gasteiger partial charge in [-0.1, -0.05) is 144 Å². The first kappa shape index (κ1) is 31.9. The van der Waals surface area contributed by atoms with E-state index in [0.717, 1.165) is 6.42 Å². The van der Waals surface area contributed by atoms with Crippen LogP contribution in [-0.2, 0) is 24.2 Å². The maximum absolute atomic E-state index is 2.44. The zero-order chi connectivity index (χ0) is 33.7. The molecule has 1 aliphatic rings. The van der Waals surface area contributed by atoms with Crippen molar-refractivity contribution in [3.63, 3.8) is 0 Å². The Kier molecular flexibility index (Phi) is 9.33. The minimum absolute atomic E-state index is 0.959. The molecule has 0 spiro atoms. The van der Waals surface area contributed by atoms with E-state index in [2.05, 4.69) is 200 Å². The molecule has 0 bridgehead atoms. The average molecular weight is 715 g/mol. The molecule has 0 nitrogen and oxygen atoms in total. The van der Waals surface area contributed by atoms with Gasteiger partial charge in [0.15, 0.2) is 0 Å². The van der Waals surface area contributed by atoms with Gasteiger partial charge in [-0.2, -0.15) is 0 Å². The van der Waals surface area contributed by atoms with E-state index in [4.69, 9.17) is 0 Å². The van der Waals surface area contributed by atoms with Crippen molar-refractivity contribution in [1.82, 2.24) is 0 Å². The molecule has 0 aliphatic heterocycles. The van der Waals surface area contributed by atoms with Gasteiger partial charge in [0.25, 0.3) is 0 Å². The Balaban J connectivity index is 0.000000216. The zero-order valence-electron chi connectivity index (χ0n) is 27.8. The molecular formula is C49H35Zr-. The van der Waals surface area contributed by atoms with Gasteiger partial charge < -0.3 is 0 Å². The first-order valence-corrected chi connectivity index (χ1v) is 18.4. The maximum atomic E-state index is 2.44. The SMILES string of the molecule is C1=CCC(c2c(-c3ccccc3)c(-c3ccccc3)cc3c2[cH-]c2cccc(-c4ccccc4)c23)=C1.[Zr]=[C](c1ccccc1)c1ccccc1. The third kappa shape index (κ3) is 6.38. The molecule has 1 heteroatoms. The number of rotatable bonds is 6. The van der Waals surface area contributed by atoms with Gasteiger partial charge in [0.1, 0.15) is 0 Å². The van der Waals surface area contributed by atoms with Crippen molar-refractivity contribution in [1.29, 1.82) is 0 Å². The molecule has 8 aromatic rings. The van der Waals surface area contributed by atoms with Crippen LogP contribution >= 0.6 is 0 Å². The summed E-state index contributed by atoms with van der Waals surface area (Å²) in [6.07, 6.45) is 7.72. The van der Waals surface area contributed by atoms with Gasteiger partial charge in [-0.05, 0) is 34.2 Å². The molecule has 0 N–H and O–H groups in total. The Bertz CT molecular complexity index is 2430. The summed E-state index contributed by atoms with van der Waals surface area (Å²) in [5.41, 5.74) is 13.1. The quantitative estimate of drug-likeness (QED) is 0.150. The van der Waals surface area contributed by atoms with Crippen molar-refractivity contribution in [2.75, 3.05) is 0 Å². The summed E-state index contributed by atoms with van der Waals surface area (Å²) in [5.74, 6) is 0. The number of benzene rings is 7. The first-order valence-electron chi connectivity index (χ1n) is 17.2. The van der Waals surface area contributed by atoms with Crippen LogP contribution < -0.4 is 0 Å².